The van der Waals surface area contributed by atoms with Crippen molar-refractivity contribution in [3.8, 4) is 22.1 Å². The standard InChI is InChI=1S/C25H27F3N2O4S/c1-5-6-7-20(33-18-12-13-19(15(2)14-18)34-24(3,4)23(31)32)22-30-29-21(35-22)16-8-10-17(11-9-16)25(26,27)28/h8-14,20H,5-7H2,1-4H3,(H,31,32). The molecule has 1 aromatic heterocycles. The number of halogens is 3. The number of alkyl halides is 3. The number of ether oxygens (including phenoxy) is 2. The molecule has 1 unspecified atom stereocenters. The zero-order valence-corrected chi connectivity index (χ0v) is 20.7. The first kappa shape index (κ1) is 26.5. The van der Waals surface area contributed by atoms with Crippen LogP contribution in [0.25, 0.3) is 10.6 Å². The Morgan fingerprint density at radius 2 is 1.80 bits per heavy atom. The molecule has 0 fully saturated rings. The van der Waals surface area contributed by atoms with E-state index in [1.54, 1.807) is 25.1 Å². The van der Waals surface area contributed by atoms with Crippen molar-refractivity contribution < 1.29 is 32.5 Å². The maximum absolute atomic E-state index is 12.9. The maximum Gasteiger partial charge on any atom is 0.416 e. The molecule has 1 N–H and O–H groups in total. The van der Waals surface area contributed by atoms with Crippen molar-refractivity contribution in [3.63, 3.8) is 0 Å². The van der Waals surface area contributed by atoms with E-state index < -0.39 is 29.4 Å². The molecule has 0 aliphatic rings. The van der Waals surface area contributed by atoms with E-state index in [2.05, 4.69) is 17.1 Å². The third-order valence-electron chi connectivity index (χ3n) is 5.30. The molecule has 3 rings (SSSR count). The van der Waals surface area contributed by atoms with E-state index in [0.717, 1.165) is 25.0 Å². The lowest BCUT2D eigenvalue weighted by atomic mass is 10.1. The van der Waals surface area contributed by atoms with E-state index in [-0.39, 0.29) is 0 Å². The van der Waals surface area contributed by atoms with E-state index in [1.807, 2.05) is 0 Å². The minimum atomic E-state index is -4.40. The van der Waals surface area contributed by atoms with Gasteiger partial charge in [-0.25, -0.2) is 4.79 Å². The highest BCUT2D eigenvalue weighted by Crippen LogP contribution is 2.36. The summed E-state index contributed by atoms with van der Waals surface area (Å²) in [4.78, 5) is 11.4. The van der Waals surface area contributed by atoms with E-state index in [4.69, 9.17) is 9.47 Å². The number of hydrogen-bond donors (Lipinski definition) is 1. The van der Waals surface area contributed by atoms with E-state index in [9.17, 15) is 23.1 Å². The normalized spacial score (nSPS) is 12.9. The van der Waals surface area contributed by atoms with Crippen molar-refractivity contribution in [1.82, 2.24) is 10.2 Å². The van der Waals surface area contributed by atoms with Crippen molar-refractivity contribution in [3.05, 3.63) is 58.6 Å². The van der Waals surface area contributed by atoms with Gasteiger partial charge in [-0.3, -0.25) is 0 Å². The van der Waals surface area contributed by atoms with Gasteiger partial charge in [0.25, 0.3) is 0 Å². The summed E-state index contributed by atoms with van der Waals surface area (Å²) in [5.74, 6) is -0.0669. The molecule has 35 heavy (non-hydrogen) atoms. The molecule has 0 radical (unpaired) electrons. The SMILES string of the molecule is CCCCC(Oc1ccc(OC(C)(C)C(=O)O)c(C)c1)c1nnc(-c2ccc(C(F)(F)F)cc2)s1. The molecule has 6 nitrogen and oxygen atoms in total. The van der Waals surface area contributed by atoms with Crippen molar-refractivity contribution >= 4 is 17.3 Å². The van der Waals surface area contributed by atoms with Crippen LogP contribution in [0.15, 0.2) is 42.5 Å². The molecule has 1 atom stereocenters. The van der Waals surface area contributed by atoms with Crippen LogP contribution in [-0.4, -0.2) is 26.9 Å². The largest absolute Gasteiger partial charge is 0.483 e. The van der Waals surface area contributed by atoms with Crippen molar-refractivity contribution in [2.75, 3.05) is 0 Å². The van der Waals surface area contributed by atoms with Crippen molar-refractivity contribution in [1.29, 1.82) is 0 Å². The quantitative estimate of drug-likeness (QED) is 0.315. The minimum Gasteiger partial charge on any atom is -0.483 e. The highest BCUT2D eigenvalue weighted by atomic mass is 32.1. The third-order valence-corrected chi connectivity index (χ3v) is 6.36. The van der Waals surface area contributed by atoms with Gasteiger partial charge < -0.3 is 14.6 Å². The zero-order chi connectivity index (χ0) is 25.8. The highest BCUT2D eigenvalue weighted by Gasteiger charge is 2.31. The van der Waals surface area contributed by atoms with Gasteiger partial charge in [-0.15, -0.1) is 10.2 Å². The summed E-state index contributed by atoms with van der Waals surface area (Å²) in [5, 5.41) is 18.9. The maximum atomic E-state index is 12.9. The summed E-state index contributed by atoms with van der Waals surface area (Å²) in [7, 11) is 0. The average molecular weight is 509 g/mol. The lowest BCUT2D eigenvalue weighted by Gasteiger charge is -2.23. The molecule has 0 amide bonds. The Morgan fingerprint density at radius 3 is 2.37 bits per heavy atom. The molecule has 1 heterocycles. The van der Waals surface area contributed by atoms with Gasteiger partial charge in [-0.05, 0) is 69.5 Å². The van der Waals surface area contributed by atoms with Gasteiger partial charge in [0.1, 0.15) is 16.5 Å². The highest BCUT2D eigenvalue weighted by molar-refractivity contribution is 7.14. The van der Waals surface area contributed by atoms with Crippen LogP contribution in [0.3, 0.4) is 0 Å². The Morgan fingerprint density at radius 1 is 1.11 bits per heavy atom. The zero-order valence-electron chi connectivity index (χ0n) is 19.8. The second kappa shape index (κ2) is 10.6. The number of hydrogen-bond acceptors (Lipinski definition) is 6. The van der Waals surface area contributed by atoms with E-state index >= 15 is 0 Å². The molecular formula is C25H27F3N2O4S. The summed E-state index contributed by atoms with van der Waals surface area (Å²) in [6.07, 6.45) is -2.28. The number of benzene rings is 2. The molecule has 10 heteroatoms. The molecule has 0 aliphatic carbocycles. The fourth-order valence-electron chi connectivity index (χ4n) is 3.20. The second-order valence-corrected chi connectivity index (χ2v) is 9.62. The van der Waals surface area contributed by atoms with Crippen LogP contribution in [0.1, 0.15) is 62.3 Å². The first-order valence-corrected chi connectivity index (χ1v) is 11.9. The number of carbonyl (C=O) groups is 1. The van der Waals surface area contributed by atoms with Crippen molar-refractivity contribution in [2.45, 2.75) is 64.8 Å². The van der Waals surface area contributed by atoms with Gasteiger partial charge in [0.2, 0.25) is 0 Å². The summed E-state index contributed by atoms with van der Waals surface area (Å²) < 4.78 is 50.4. The minimum absolute atomic E-state index is 0.391. The monoisotopic (exact) mass is 508 g/mol. The summed E-state index contributed by atoms with van der Waals surface area (Å²) in [6, 6.07) is 9.96. The van der Waals surface area contributed by atoms with Crippen LogP contribution in [0.2, 0.25) is 0 Å². The fraction of sp³-hybridized carbons (Fsp3) is 0.400. The second-order valence-electron chi connectivity index (χ2n) is 8.61. The molecule has 3 aromatic rings. The number of aromatic nitrogens is 2. The van der Waals surface area contributed by atoms with Crippen LogP contribution in [0, 0.1) is 6.92 Å². The Kier molecular flexibility index (Phi) is 8.04. The van der Waals surface area contributed by atoms with Crippen LogP contribution in [0.4, 0.5) is 13.2 Å². The molecule has 0 saturated carbocycles. The number of carboxylic acid groups (broad SMARTS) is 1. The lowest BCUT2D eigenvalue weighted by molar-refractivity contribution is -0.152. The third kappa shape index (κ3) is 6.72. The van der Waals surface area contributed by atoms with Crippen molar-refractivity contribution in [2.24, 2.45) is 0 Å². The van der Waals surface area contributed by atoms with Crippen LogP contribution in [-0.2, 0) is 11.0 Å². The molecule has 188 valence electrons. The van der Waals surface area contributed by atoms with Gasteiger partial charge >= 0.3 is 12.1 Å². The van der Waals surface area contributed by atoms with Gasteiger partial charge in [-0.1, -0.05) is 36.8 Å². The number of rotatable bonds is 10. The van der Waals surface area contributed by atoms with Crippen LogP contribution < -0.4 is 9.47 Å². The number of aliphatic carboxylic acids is 1. The molecule has 0 aliphatic heterocycles. The summed E-state index contributed by atoms with van der Waals surface area (Å²) in [5.41, 5.74) is -0.828. The van der Waals surface area contributed by atoms with Crippen LogP contribution >= 0.6 is 11.3 Å². The molecule has 2 aromatic carbocycles. The van der Waals surface area contributed by atoms with Gasteiger partial charge in [0.05, 0.1) is 5.56 Å². The lowest BCUT2D eigenvalue weighted by Crippen LogP contribution is -2.38. The molecular weight excluding hydrogens is 481 g/mol. The number of unbranched alkanes of at least 4 members (excludes halogenated alkanes) is 1. The number of carboxylic acids is 1. The van der Waals surface area contributed by atoms with Gasteiger partial charge in [-0.2, -0.15) is 13.2 Å². The first-order valence-electron chi connectivity index (χ1n) is 11.1. The topological polar surface area (TPSA) is 81.5 Å². The molecule has 0 bridgehead atoms. The Labute approximate surface area is 205 Å². The number of nitrogens with zero attached hydrogens (tertiary/aromatic N) is 2. The van der Waals surface area contributed by atoms with E-state index in [0.29, 0.717) is 39.1 Å². The predicted molar refractivity (Wildman–Crippen MR) is 127 cm³/mol. The smallest absolute Gasteiger partial charge is 0.416 e. The summed E-state index contributed by atoms with van der Waals surface area (Å²) in [6.45, 7) is 6.81. The average Bonchev–Trinajstić information content (AvgIpc) is 3.28. The Hall–Kier alpha value is -3.14. The van der Waals surface area contributed by atoms with Gasteiger partial charge in [0.15, 0.2) is 16.7 Å². The first-order chi connectivity index (χ1) is 16.4. The fourth-order valence-corrected chi connectivity index (χ4v) is 4.11. The molecule has 0 saturated heterocycles. The summed E-state index contributed by atoms with van der Waals surface area (Å²) >= 11 is 1.28. The molecule has 0 spiro atoms. The van der Waals surface area contributed by atoms with Crippen LogP contribution in [0.5, 0.6) is 11.5 Å². The Balaban J connectivity index is 1.80. The van der Waals surface area contributed by atoms with Gasteiger partial charge in [0, 0.05) is 5.56 Å². The predicted octanol–water partition coefficient (Wildman–Crippen LogP) is 7.08. The number of aryl methyl sites for hydroxylation is 1. The van der Waals surface area contributed by atoms with E-state index in [1.165, 1.54) is 37.3 Å². The Bertz CT molecular complexity index is 1160.